The molecule has 1 saturated carbocycles. The molecule has 1 aliphatic carbocycles. The number of hydrogen-bond donors (Lipinski definition) is 0. The van der Waals surface area contributed by atoms with Crippen LogP contribution in [0.3, 0.4) is 0 Å². The molecule has 1 aliphatic heterocycles. The van der Waals surface area contributed by atoms with Gasteiger partial charge in [0.15, 0.2) is 0 Å². The molecule has 1 saturated heterocycles. The molecule has 2 aliphatic rings. The van der Waals surface area contributed by atoms with Crippen LogP contribution in [0.1, 0.15) is 18.9 Å². The Morgan fingerprint density at radius 3 is 2.81 bits per heavy atom. The standard InChI is InChI=1S/C9H11N3O4/c13-12(14)8-3-11(6-1-2-6)10-9(8)16-7-4-15-5-7/h3,6-7H,1-2,4-5H2. The largest absolute Gasteiger partial charge is 0.464 e. The van der Waals surface area contributed by atoms with Crippen LogP contribution in [0, 0.1) is 10.1 Å². The number of hydrogen-bond acceptors (Lipinski definition) is 5. The first-order valence-corrected chi connectivity index (χ1v) is 5.22. The maximum Gasteiger partial charge on any atom is 0.350 e. The normalized spacial score (nSPS) is 20.5. The second-order valence-corrected chi connectivity index (χ2v) is 4.07. The van der Waals surface area contributed by atoms with Crippen LogP contribution in [0.15, 0.2) is 6.20 Å². The van der Waals surface area contributed by atoms with Crippen LogP contribution in [0.5, 0.6) is 5.88 Å². The van der Waals surface area contributed by atoms with Crippen molar-refractivity contribution < 1.29 is 14.4 Å². The van der Waals surface area contributed by atoms with Gasteiger partial charge >= 0.3 is 11.6 Å². The average Bonchev–Trinajstić information content (AvgIpc) is 2.93. The molecule has 0 N–H and O–H groups in total. The van der Waals surface area contributed by atoms with Gasteiger partial charge in [-0.25, -0.2) is 0 Å². The molecule has 0 spiro atoms. The molecular formula is C9H11N3O4. The van der Waals surface area contributed by atoms with E-state index < -0.39 is 4.92 Å². The molecule has 2 heterocycles. The molecule has 1 aromatic heterocycles. The fourth-order valence-corrected chi connectivity index (χ4v) is 1.54. The van der Waals surface area contributed by atoms with Gasteiger partial charge in [0.05, 0.1) is 24.2 Å². The van der Waals surface area contributed by atoms with Crippen LogP contribution in [0.4, 0.5) is 5.69 Å². The van der Waals surface area contributed by atoms with Crippen LogP contribution in [0.2, 0.25) is 0 Å². The van der Waals surface area contributed by atoms with Crippen LogP contribution in [-0.4, -0.2) is 34.0 Å². The Morgan fingerprint density at radius 2 is 2.31 bits per heavy atom. The second kappa shape index (κ2) is 3.44. The molecule has 1 aromatic rings. The van der Waals surface area contributed by atoms with Gasteiger partial charge in [-0.05, 0) is 12.8 Å². The number of aromatic nitrogens is 2. The Hall–Kier alpha value is -1.63. The monoisotopic (exact) mass is 225 g/mol. The van der Waals surface area contributed by atoms with E-state index in [9.17, 15) is 10.1 Å². The topological polar surface area (TPSA) is 79.4 Å². The molecule has 0 amide bonds. The lowest BCUT2D eigenvalue weighted by molar-refractivity contribution is -0.386. The second-order valence-electron chi connectivity index (χ2n) is 4.07. The lowest BCUT2D eigenvalue weighted by Gasteiger charge is -2.25. The number of nitrogens with zero attached hydrogens (tertiary/aromatic N) is 3. The maximum atomic E-state index is 10.8. The number of ether oxygens (including phenoxy) is 2. The predicted octanol–water partition coefficient (Wildman–Crippen LogP) is 0.904. The third-order valence-corrected chi connectivity index (χ3v) is 2.68. The summed E-state index contributed by atoms with van der Waals surface area (Å²) >= 11 is 0. The van der Waals surface area contributed by atoms with Crippen molar-refractivity contribution in [3.8, 4) is 5.88 Å². The van der Waals surface area contributed by atoms with Crippen molar-refractivity contribution >= 4 is 5.69 Å². The molecule has 3 rings (SSSR count). The summed E-state index contributed by atoms with van der Waals surface area (Å²) in [4.78, 5) is 10.3. The Bertz CT molecular complexity index is 422. The van der Waals surface area contributed by atoms with Crippen LogP contribution < -0.4 is 4.74 Å². The lowest BCUT2D eigenvalue weighted by atomic mass is 10.3. The summed E-state index contributed by atoms with van der Waals surface area (Å²) in [6.07, 6.45) is 3.42. The summed E-state index contributed by atoms with van der Waals surface area (Å²) < 4.78 is 12.0. The van der Waals surface area contributed by atoms with Gasteiger partial charge < -0.3 is 9.47 Å². The first-order chi connectivity index (χ1) is 7.74. The highest BCUT2D eigenvalue weighted by Crippen LogP contribution is 2.38. The fraction of sp³-hybridized carbons (Fsp3) is 0.667. The van der Waals surface area contributed by atoms with Gasteiger partial charge in [0, 0.05) is 0 Å². The third-order valence-electron chi connectivity index (χ3n) is 2.68. The Balaban J connectivity index is 1.84. The zero-order valence-corrected chi connectivity index (χ0v) is 8.54. The minimum Gasteiger partial charge on any atom is -0.464 e. The fourth-order valence-electron chi connectivity index (χ4n) is 1.54. The highest BCUT2D eigenvalue weighted by Gasteiger charge is 2.32. The van der Waals surface area contributed by atoms with Crippen molar-refractivity contribution in [1.82, 2.24) is 9.78 Å². The van der Waals surface area contributed by atoms with Gasteiger partial charge in [-0.2, -0.15) is 0 Å². The van der Waals surface area contributed by atoms with Crippen molar-refractivity contribution in [2.75, 3.05) is 13.2 Å². The molecule has 0 atom stereocenters. The summed E-state index contributed by atoms with van der Waals surface area (Å²) in [5.74, 6) is 0.116. The van der Waals surface area contributed by atoms with Gasteiger partial charge in [0.1, 0.15) is 12.3 Å². The molecule has 0 radical (unpaired) electrons. The first-order valence-electron chi connectivity index (χ1n) is 5.22. The average molecular weight is 225 g/mol. The van der Waals surface area contributed by atoms with E-state index in [1.54, 1.807) is 4.68 Å². The van der Waals surface area contributed by atoms with E-state index in [1.807, 2.05) is 0 Å². The molecule has 2 fully saturated rings. The van der Waals surface area contributed by atoms with Gasteiger partial charge in [0.25, 0.3) is 0 Å². The Labute approximate surface area is 91.1 Å². The Morgan fingerprint density at radius 1 is 1.56 bits per heavy atom. The molecule has 7 nitrogen and oxygen atoms in total. The van der Waals surface area contributed by atoms with E-state index >= 15 is 0 Å². The lowest BCUT2D eigenvalue weighted by Crippen LogP contribution is -2.38. The van der Waals surface area contributed by atoms with E-state index in [2.05, 4.69) is 5.10 Å². The van der Waals surface area contributed by atoms with Crippen molar-refractivity contribution in [3.05, 3.63) is 16.3 Å². The van der Waals surface area contributed by atoms with E-state index in [1.165, 1.54) is 6.20 Å². The predicted molar refractivity (Wildman–Crippen MR) is 52.4 cm³/mol. The maximum absolute atomic E-state index is 10.8. The smallest absolute Gasteiger partial charge is 0.350 e. The Kier molecular flexibility index (Phi) is 2.06. The molecule has 0 aromatic carbocycles. The van der Waals surface area contributed by atoms with Crippen molar-refractivity contribution in [1.29, 1.82) is 0 Å². The van der Waals surface area contributed by atoms with Crippen LogP contribution in [-0.2, 0) is 4.74 Å². The SMILES string of the molecule is O=[N+]([O-])c1cn(C2CC2)nc1OC1COC1. The molecule has 86 valence electrons. The third kappa shape index (κ3) is 1.63. The van der Waals surface area contributed by atoms with E-state index in [0.717, 1.165) is 12.8 Å². The quantitative estimate of drug-likeness (QED) is 0.562. The van der Waals surface area contributed by atoms with E-state index in [4.69, 9.17) is 9.47 Å². The van der Waals surface area contributed by atoms with Crippen molar-refractivity contribution in [2.24, 2.45) is 0 Å². The van der Waals surface area contributed by atoms with Gasteiger partial charge in [-0.15, -0.1) is 5.10 Å². The minimum atomic E-state index is -0.458. The first kappa shape index (κ1) is 9.59. The summed E-state index contributed by atoms with van der Waals surface area (Å²) in [7, 11) is 0. The highest BCUT2D eigenvalue weighted by molar-refractivity contribution is 5.39. The van der Waals surface area contributed by atoms with Gasteiger partial charge in [0.2, 0.25) is 0 Å². The number of nitro groups is 1. The van der Waals surface area contributed by atoms with E-state index in [-0.39, 0.29) is 17.7 Å². The van der Waals surface area contributed by atoms with Crippen molar-refractivity contribution in [3.63, 3.8) is 0 Å². The molecule has 7 heteroatoms. The van der Waals surface area contributed by atoms with Crippen LogP contribution in [0.25, 0.3) is 0 Å². The van der Waals surface area contributed by atoms with Crippen molar-refractivity contribution in [2.45, 2.75) is 25.0 Å². The highest BCUT2D eigenvalue weighted by atomic mass is 16.6. The summed E-state index contributed by atoms with van der Waals surface area (Å²) in [6, 6.07) is 0.314. The molecule has 16 heavy (non-hydrogen) atoms. The number of rotatable bonds is 4. The zero-order valence-electron chi connectivity index (χ0n) is 8.54. The summed E-state index contributed by atoms with van der Waals surface area (Å²) in [5.41, 5.74) is -0.0567. The zero-order chi connectivity index (χ0) is 11.1. The minimum absolute atomic E-state index is 0.0567. The van der Waals surface area contributed by atoms with Crippen LogP contribution >= 0.6 is 0 Å². The summed E-state index contributed by atoms with van der Waals surface area (Å²) in [5, 5.41) is 14.9. The molecular weight excluding hydrogens is 214 g/mol. The van der Waals surface area contributed by atoms with Gasteiger partial charge in [-0.1, -0.05) is 0 Å². The summed E-state index contributed by atoms with van der Waals surface area (Å²) in [6.45, 7) is 0.959. The molecule has 0 unspecified atom stereocenters. The van der Waals surface area contributed by atoms with E-state index in [0.29, 0.717) is 19.3 Å². The molecule has 0 bridgehead atoms. The van der Waals surface area contributed by atoms with Gasteiger partial charge in [-0.3, -0.25) is 14.8 Å².